The Bertz CT molecular complexity index is 1470. The molecule has 0 saturated carbocycles. The Hall–Kier alpha value is -2.61. The van der Waals surface area contributed by atoms with E-state index in [1.54, 1.807) is 23.6 Å². The minimum absolute atomic E-state index is 0.111. The predicted molar refractivity (Wildman–Crippen MR) is 141 cm³/mol. The smallest absolute Gasteiger partial charge is 0.269 e. The van der Waals surface area contributed by atoms with Gasteiger partial charge >= 0.3 is 10.3 Å². The predicted octanol–water partition coefficient (Wildman–Crippen LogP) is 4.53. The van der Waals surface area contributed by atoms with Crippen molar-refractivity contribution in [3.8, 4) is 9.88 Å². The number of thiophene rings is 1. The summed E-state index contributed by atoms with van der Waals surface area (Å²) in [6.07, 6.45) is 0.470. The highest BCUT2D eigenvalue weighted by Gasteiger charge is 2.24. The van der Waals surface area contributed by atoms with E-state index in [1.165, 1.54) is 28.7 Å². The summed E-state index contributed by atoms with van der Waals surface area (Å²) in [5, 5.41) is 4.52. The molecule has 0 aliphatic rings. The Balaban J connectivity index is 1.61. The fourth-order valence-electron chi connectivity index (χ4n) is 3.50. The summed E-state index contributed by atoms with van der Waals surface area (Å²) in [6, 6.07) is 19.0. The molecule has 1 atom stereocenters. The highest BCUT2D eigenvalue weighted by atomic mass is 32.2. The molecule has 0 aliphatic heterocycles. The molecule has 0 radical (unpaired) electrons. The quantitative estimate of drug-likeness (QED) is 0.236. The second-order valence-electron chi connectivity index (χ2n) is 7.72. The van der Waals surface area contributed by atoms with Gasteiger partial charge in [0.05, 0.1) is 28.1 Å². The third-order valence-electron chi connectivity index (χ3n) is 5.12. The van der Waals surface area contributed by atoms with Crippen molar-refractivity contribution in [1.29, 1.82) is 0 Å². The van der Waals surface area contributed by atoms with Crippen molar-refractivity contribution in [2.24, 2.45) is 0 Å². The summed E-state index contributed by atoms with van der Waals surface area (Å²) < 4.78 is 63.0. The maximum atomic E-state index is 13.0. The summed E-state index contributed by atoms with van der Waals surface area (Å²) in [5.74, 6) is -0.111. The van der Waals surface area contributed by atoms with Gasteiger partial charge in [0, 0.05) is 5.38 Å². The second-order valence-corrected chi connectivity index (χ2v) is 12.6. The fraction of sp³-hybridized carbons (Fsp3) is 0.174. The van der Waals surface area contributed by atoms with E-state index in [1.807, 2.05) is 47.8 Å². The van der Waals surface area contributed by atoms with Gasteiger partial charge in [-0.05, 0) is 41.5 Å². The van der Waals surface area contributed by atoms with Gasteiger partial charge in [-0.3, -0.25) is 9.27 Å². The van der Waals surface area contributed by atoms with Crippen LogP contribution in [0.4, 0.5) is 5.69 Å². The van der Waals surface area contributed by atoms with Crippen LogP contribution in [0.2, 0.25) is 0 Å². The molecule has 3 N–H and O–H groups in total. The lowest BCUT2D eigenvalue weighted by atomic mass is 10.0. The van der Waals surface area contributed by atoms with E-state index in [9.17, 15) is 21.4 Å². The van der Waals surface area contributed by atoms with Crippen molar-refractivity contribution in [3.05, 3.63) is 94.3 Å². The molecule has 0 bridgehead atoms. The lowest BCUT2D eigenvalue weighted by molar-refractivity contribution is 0.489. The average Bonchev–Trinajstić information content (AvgIpc) is 3.50. The van der Waals surface area contributed by atoms with Gasteiger partial charge in [-0.2, -0.15) is 8.42 Å². The molecule has 0 saturated heterocycles. The number of thiazole rings is 1. The third kappa shape index (κ3) is 7.43. The number of nitrogens with zero attached hydrogens (tertiary/aromatic N) is 1. The molecule has 4 aromatic rings. The summed E-state index contributed by atoms with van der Waals surface area (Å²) in [7, 11) is -8.21. The van der Waals surface area contributed by atoms with Crippen molar-refractivity contribution in [2.45, 2.75) is 18.9 Å². The molecule has 0 aliphatic carbocycles. The van der Waals surface area contributed by atoms with Gasteiger partial charge in [0.25, 0.3) is 0 Å². The van der Waals surface area contributed by atoms with Crippen LogP contribution in [-0.2, 0) is 33.2 Å². The van der Waals surface area contributed by atoms with E-state index in [4.69, 9.17) is 0 Å². The summed E-state index contributed by atoms with van der Waals surface area (Å²) >= 11 is 2.95. The first-order chi connectivity index (χ1) is 16.7. The monoisotopic (exact) mass is 549 g/mol. The molecule has 2 aromatic heterocycles. The number of anilines is 1. The highest BCUT2D eigenvalue weighted by Crippen LogP contribution is 2.32. The zero-order valence-corrected chi connectivity index (χ0v) is 21.6. The number of aryl methyl sites for hydroxylation is 1. The van der Waals surface area contributed by atoms with E-state index in [-0.39, 0.29) is 17.9 Å². The number of para-hydroxylation sites is 1. The number of aromatic nitrogens is 1. The Labute approximate surface area is 212 Å². The molecule has 0 amide bonds. The molecular formula is C23H23N3O5S4. The summed E-state index contributed by atoms with van der Waals surface area (Å²) in [4.78, 5) is 5.64. The Morgan fingerprint density at radius 1 is 0.914 bits per heavy atom. The maximum absolute atomic E-state index is 13.0. The van der Waals surface area contributed by atoms with Gasteiger partial charge in [-0.1, -0.05) is 54.6 Å². The van der Waals surface area contributed by atoms with Crippen LogP contribution in [0.15, 0.2) is 77.5 Å². The lowest BCUT2D eigenvalue weighted by Gasteiger charge is -2.19. The van der Waals surface area contributed by atoms with E-state index < -0.39 is 26.4 Å². The first-order valence-corrected chi connectivity index (χ1v) is 15.4. The molecule has 0 fully saturated rings. The fourth-order valence-corrected chi connectivity index (χ4v) is 6.92. The van der Waals surface area contributed by atoms with Gasteiger partial charge in [0.15, 0.2) is 0 Å². The molecule has 35 heavy (non-hydrogen) atoms. The molecule has 184 valence electrons. The topological polar surface area (TPSA) is 125 Å². The van der Waals surface area contributed by atoms with Crippen molar-refractivity contribution >= 4 is 48.7 Å². The standard InChI is InChI=1S/C23H23N3O5S4/c27-34(28,14-12-17-7-2-1-3-8-17)25-20(21-16-33-23(24-21)22-11-6-13-32-22)15-18-9-4-5-10-19(18)26-35(29,30)31/h1-11,13,16,20,25-26H,12,14-15H2,(H,29,30,31). The maximum Gasteiger partial charge on any atom is 0.357 e. The number of nitrogens with one attached hydrogen (secondary N) is 2. The van der Waals surface area contributed by atoms with Crippen molar-refractivity contribution in [1.82, 2.24) is 9.71 Å². The number of hydrogen-bond acceptors (Lipinski definition) is 7. The number of rotatable bonds is 11. The van der Waals surface area contributed by atoms with E-state index in [0.29, 0.717) is 17.7 Å². The lowest BCUT2D eigenvalue weighted by Crippen LogP contribution is -2.33. The molecule has 12 heteroatoms. The van der Waals surface area contributed by atoms with Gasteiger partial charge in [-0.15, -0.1) is 22.7 Å². The second kappa shape index (κ2) is 11.0. The summed E-state index contributed by atoms with van der Waals surface area (Å²) in [6.45, 7) is 0. The zero-order chi connectivity index (χ0) is 24.9. The van der Waals surface area contributed by atoms with Gasteiger partial charge in [0.2, 0.25) is 10.0 Å². The van der Waals surface area contributed by atoms with Crippen LogP contribution in [0.1, 0.15) is 22.9 Å². The van der Waals surface area contributed by atoms with Crippen LogP contribution in [0.3, 0.4) is 0 Å². The van der Waals surface area contributed by atoms with Crippen molar-refractivity contribution < 1.29 is 21.4 Å². The average molecular weight is 550 g/mol. The Morgan fingerprint density at radius 3 is 2.37 bits per heavy atom. The van der Waals surface area contributed by atoms with Crippen molar-refractivity contribution in [2.75, 3.05) is 10.5 Å². The minimum Gasteiger partial charge on any atom is -0.269 e. The number of benzene rings is 2. The van der Waals surface area contributed by atoms with E-state index >= 15 is 0 Å². The molecule has 1 unspecified atom stereocenters. The third-order valence-corrected chi connectivity index (χ3v) is 8.88. The molecule has 4 rings (SSSR count). The first-order valence-electron chi connectivity index (χ1n) is 10.5. The van der Waals surface area contributed by atoms with Gasteiger partial charge < -0.3 is 0 Å². The van der Waals surface area contributed by atoms with E-state index in [0.717, 1.165) is 15.4 Å². The minimum atomic E-state index is -4.50. The largest absolute Gasteiger partial charge is 0.357 e. The van der Waals surface area contributed by atoms with Gasteiger partial charge in [-0.25, -0.2) is 18.1 Å². The normalized spacial score (nSPS) is 12.9. The molecule has 2 heterocycles. The molecular weight excluding hydrogens is 527 g/mol. The Morgan fingerprint density at radius 2 is 1.66 bits per heavy atom. The molecule has 2 aromatic carbocycles. The van der Waals surface area contributed by atoms with Crippen LogP contribution in [-0.4, -0.2) is 32.1 Å². The molecule has 8 nitrogen and oxygen atoms in total. The SMILES string of the molecule is O=S(=O)(O)Nc1ccccc1CC(NS(=O)(=O)CCc1ccccc1)c1csc(-c2cccs2)n1. The van der Waals surface area contributed by atoms with Crippen LogP contribution < -0.4 is 9.44 Å². The highest BCUT2D eigenvalue weighted by molar-refractivity contribution is 7.89. The number of hydrogen-bond donors (Lipinski definition) is 3. The van der Waals surface area contributed by atoms with Crippen molar-refractivity contribution in [3.63, 3.8) is 0 Å². The van der Waals surface area contributed by atoms with Crippen LogP contribution in [0.25, 0.3) is 9.88 Å². The Kier molecular flexibility index (Phi) is 7.99. The van der Waals surface area contributed by atoms with Crippen LogP contribution >= 0.6 is 22.7 Å². The van der Waals surface area contributed by atoms with Crippen LogP contribution in [0, 0.1) is 0 Å². The first kappa shape index (κ1) is 25.5. The van der Waals surface area contributed by atoms with E-state index in [2.05, 4.69) is 14.4 Å². The number of sulfonamides is 1. The molecule has 0 spiro atoms. The van der Waals surface area contributed by atoms with Gasteiger partial charge in [0.1, 0.15) is 5.01 Å². The zero-order valence-electron chi connectivity index (χ0n) is 18.4. The summed E-state index contributed by atoms with van der Waals surface area (Å²) in [5.41, 5.74) is 2.11. The van der Waals surface area contributed by atoms with Crippen LogP contribution in [0.5, 0.6) is 0 Å².